The zero-order chi connectivity index (χ0) is 15.9. The quantitative estimate of drug-likeness (QED) is 0.760. The van der Waals surface area contributed by atoms with Crippen LogP contribution in [0.5, 0.6) is 0 Å². The highest BCUT2D eigenvalue weighted by atomic mass is 19.4. The molecule has 21 heavy (non-hydrogen) atoms. The van der Waals surface area contributed by atoms with Gasteiger partial charge in [0.1, 0.15) is 22.9 Å². The second-order valence-corrected chi connectivity index (χ2v) is 4.12. The number of halogens is 5. The third-order valence-corrected chi connectivity index (χ3v) is 2.65. The van der Waals surface area contributed by atoms with Gasteiger partial charge in [-0.3, -0.25) is 9.59 Å². The van der Waals surface area contributed by atoms with E-state index in [2.05, 4.69) is 0 Å². The van der Waals surface area contributed by atoms with E-state index in [4.69, 9.17) is 0 Å². The van der Waals surface area contributed by atoms with Gasteiger partial charge in [-0.1, -0.05) is 0 Å². The maximum absolute atomic E-state index is 13.7. The lowest BCUT2D eigenvalue weighted by Gasteiger charge is -2.09. The summed E-state index contributed by atoms with van der Waals surface area (Å²) in [5.41, 5.74) is -4.10. The number of aromatic nitrogens is 2. The van der Waals surface area contributed by atoms with E-state index in [9.17, 15) is 31.5 Å². The van der Waals surface area contributed by atoms with Crippen LogP contribution in [0.2, 0.25) is 0 Å². The Morgan fingerprint density at radius 1 is 1.19 bits per heavy atom. The minimum atomic E-state index is -5.02. The molecule has 1 aromatic carbocycles. The minimum absolute atomic E-state index is 0.142. The van der Waals surface area contributed by atoms with Gasteiger partial charge >= 0.3 is 6.18 Å². The van der Waals surface area contributed by atoms with Gasteiger partial charge < -0.3 is 0 Å². The van der Waals surface area contributed by atoms with Crippen molar-refractivity contribution in [2.75, 3.05) is 0 Å². The van der Waals surface area contributed by atoms with Gasteiger partial charge in [0, 0.05) is 19.2 Å². The summed E-state index contributed by atoms with van der Waals surface area (Å²) in [5, 5.41) is 0. The highest BCUT2D eigenvalue weighted by molar-refractivity contribution is 5.75. The van der Waals surface area contributed by atoms with Crippen molar-refractivity contribution in [3.8, 4) is 5.69 Å². The Labute approximate surface area is 114 Å². The number of hydrogen-bond acceptors (Lipinski definition) is 2. The molecule has 0 aliphatic carbocycles. The normalized spacial score (nSPS) is 11.7. The smallest absolute Gasteiger partial charge is 0.273 e. The maximum atomic E-state index is 13.7. The van der Waals surface area contributed by atoms with Crippen molar-refractivity contribution in [1.29, 1.82) is 0 Å². The summed E-state index contributed by atoms with van der Waals surface area (Å²) in [5.74, 6) is -3.08. The Kier molecular flexibility index (Phi) is 3.44. The molecule has 0 bridgehead atoms. The van der Waals surface area contributed by atoms with Crippen molar-refractivity contribution in [3.05, 3.63) is 51.9 Å². The maximum Gasteiger partial charge on any atom is 0.423 e. The summed E-state index contributed by atoms with van der Waals surface area (Å²) in [7, 11) is 0. The fraction of sp³-hybridized carbons (Fsp3) is 0.167. The second-order valence-electron chi connectivity index (χ2n) is 4.12. The number of carbonyl (C=O) groups is 1. The Morgan fingerprint density at radius 2 is 1.81 bits per heavy atom. The summed E-state index contributed by atoms with van der Waals surface area (Å²) in [6, 6.07) is 1.90. The van der Waals surface area contributed by atoms with Gasteiger partial charge in [0.2, 0.25) is 5.91 Å². The van der Waals surface area contributed by atoms with Crippen molar-refractivity contribution < 1.29 is 26.7 Å². The van der Waals surface area contributed by atoms with Crippen LogP contribution in [-0.2, 0) is 6.18 Å². The molecule has 0 atom stereocenters. The first-order chi connectivity index (χ1) is 9.62. The van der Waals surface area contributed by atoms with Gasteiger partial charge in [0.15, 0.2) is 0 Å². The van der Waals surface area contributed by atoms with Crippen LogP contribution in [0.3, 0.4) is 0 Å². The lowest BCUT2D eigenvalue weighted by molar-refractivity contribution is -0.138. The SMILES string of the molecule is CC(=O)n1cc(C(F)(F)F)c(=O)n1-c1cc(F)ccc1F. The molecular formula is C12H7F5N2O2. The molecule has 0 amide bonds. The van der Waals surface area contributed by atoms with Crippen LogP contribution in [-0.4, -0.2) is 15.3 Å². The third kappa shape index (κ3) is 2.58. The first-order valence-electron chi connectivity index (χ1n) is 5.51. The molecule has 2 rings (SSSR count). The topological polar surface area (TPSA) is 44.0 Å². The number of nitrogens with zero attached hydrogens (tertiary/aromatic N) is 2. The molecule has 0 N–H and O–H groups in total. The molecular weight excluding hydrogens is 299 g/mol. The standard InChI is InChI=1S/C12H7F5N2O2/c1-6(20)18-5-8(12(15,16)17)11(21)19(18)10-4-7(13)2-3-9(10)14/h2-5H,1H3. The lowest BCUT2D eigenvalue weighted by atomic mass is 10.3. The van der Waals surface area contributed by atoms with Gasteiger partial charge in [-0.05, 0) is 12.1 Å². The molecule has 4 nitrogen and oxygen atoms in total. The summed E-state index contributed by atoms with van der Waals surface area (Å²) < 4.78 is 65.3. The van der Waals surface area contributed by atoms with Crippen molar-refractivity contribution in [3.63, 3.8) is 0 Å². The van der Waals surface area contributed by atoms with Crippen LogP contribution in [0.4, 0.5) is 22.0 Å². The molecule has 0 aliphatic heterocycles. The number of rotatable bonds is 1. The van der Waals surface area contributed by atoms with Crippen LogP contribution in [0.25, 0.3) is 5.69 Å². The molecule has 0 radical (unpaired) electrons. The number of alkyl halides is 3. The van der Waals surface area contributed by atoms with E-state index < -0.39 is 40.5 Å². The Morgan fingerprint density at radius 3 is 2.33 bits per heavy atom. The van der Waals surface area contributed by atoms with E-state index >= 15 is 0 Å². The molecule has 112 valence electrons. The average Bonchev–Trinajstić information content (AvgIpc) is 2.70. The largest absolute Gasteiger partial charge is 0.423 e. The Hall–Kier alpha value is -2.45. The van der Waals surface area contributed by atoms with Crippen molar-refractivity contribution >= 4 is 5.91 Å². The van der Waals surface area contributed by atoms with Crippen LogP contribution in [0, 0.1) is 11.6 Å². The second kappa shape index (κ2) is 4.83. The number of hydrogen-bond donors (Lipinski definition) is 0. The molecule has 0 unspecified atom stereocenters. The summed E-state index contributed by atoms with van der Waals surface area (Å²) in [6.45, 7) is 0.882. The van der Waals surface area contributed by atoms with E-state index in [1.807, 2.05) is 0 Å². The van der Waals surface area contributed by atoms with Crippen molar-refractivity contribution in [1.82, 2.24) is 9.36 Å². The van der Waals surface area contributed by atoms with Crippen molar-refractivity contribution in [2.24, 2.45) is 0 Å². The zero-order valence-corrected chi connectivity index (χ0v) is 10.4. The monoisotopic (exact) mass is 306 g/mol. The molecule has 0 saturated carbocycles. The van der Waals surface area contributed by atoms with Crippen LogP contribution < -0.4 is 5.56 Å². The molecule has 2 aromatic rings. The van der Waals surface area contributed by atoms with Gasteiger partial charge in [-0.15, -0.1) is 0 Å². The van der Waals surface area contributed by atoms with E-state index in [0.29, 0.717) is 12.1 Å². The molecule has 1 aromatic heterocycles. The summed E-state index contributed by atoms with van der Waals surface area (Å²) in [4.78, 5) is 23.1. The fourth-order valence-corrected chi connectivity index (χ4v) is 1.75. The van der Waals surface area contributed by atoms with E-state index in [-0.39, 0.29) is 15.6 Å². The van der Waals surface area contributed by atoms with E-state index in [0.717, 1.165) is 13.0 Å². The average molecular weight is 306 g/mol. The third-order valence-electron chi connectivity index (χ3n) is 2.65. The molecule has 0 aliphatic rings. The fourth-order valence-electron chi connectivity index (χ4n) is 1.75. The van der Waals surface area contributed by atoms with E-state index in [1.54, 1.807) is 0 Å². The highest BCUT2D eigenvalue weighted by Crippen LogP contribution is 2.27. The lowest BCUT2D eigenvalue weighted by Crippen LogP contribution is -2.27. The highest BCUT2D eigenvalue weighted by Gasteiger charge is 2.37. The van der Waals surface area contributed by atoms with Crippen LogP contribution in [0.1, 0.15) is 17.3 Å². The zero-order valence-electron chi connectivity index (χ0n) is 10.4. The van der Waals surface area contributed by atoms with Gasteiger partial charge in [-0.25, -0.2) is 18.1 Å². The summed E-state index contributed by atoms with van der Waals surface area (Å²) >= 11 is 0. The Balaban J connectivity index is 2.85. The molecule has 9 heteroatoms. The summed E-state index contributed by atoms with van der Waals surface area (Å²) in [6.07, 6.45) is -4.78. The number of carbonyl (C=O) groups excluding carboxylic acids is 1. The van der Waals surface area contributed by atoms with Gasteiger partial charge in [0.25, 0.3) is 5.56 Å². The van der Waals surface area contributed by atoms with Crippen LogP contribution in [0.15, 0.2) is 29.2 Å². The first-order valence-corrected chi connectivity index (χ1v) is 5.51. The molecule has 0 spiro atoms. The van der Waals surface area contributed by atoms with Gasteiger partial charge in [-0.2, -0.15) is 13.2 Å². The number of benzene rings is 1. The minimum Gasteiger partial charge on any atom is -0.273 e. The van der Waals surface area contributed by atoms with Crippen molar-refractivity contribution in [2.45, 2.75) is 13.1 Å². The molecule has 0 fully saturated rings. The Bertz CT molecular complexity index is 773. The van der Waals surface area contributed by atoms with Gasteiger partial charge in [0.05, 0.1) is 0 Å². The first kappa shape index (κ1) is 14.9. The molecule has 1 heterocycles. The molecule has 0 saturated heterocycles. The predicted molar refractivity (Wildman–Crippen MR) is 61.2 cm³/mol. The van der Waals surface area contributed by atoms with E-state index in [1.165, 1.54) is 0 Å². The predicted octanol–water partition coefficient (Wildman–Crippen LogP) is 2.60. The van der Waals surface area contributed by atoms with Crippen LogP contribution >= 0.6 is 0 Å².